The zero-order valence-electron chi connectivity index (χ0n) is 16.5. The summed E-state index contributed by atoms with van der Waals surface area (Å²) in [5, 5.41) is 11.3. The maximum atomic E-state index is 14.1. The molecule has 0 aliphatic heterocycles. The summed E-state index contributed by atoms with van der Waals surface area (Å²) < 4.78 is 15.4. The van der Waals surface area contributed by atoms with Gasteiger partial charge in [-0.1, -0.05) is 18.2 Å². The summed E-state index contributed by atoms with van der Waals surface area (Å²) in [5.74, 6) is -0.228. The Hall–Kier alpha value is -2.27. The van der Waals surface area contributed by atoms with Crippen LogP contribution < -0.4 is 0 Å². The van der Waals surface area contributed by atoms with Crippen molar-refractivity contribution in [2.24, 2.45) is 5.92 Å². The quantitative estimate of drug-likeness (QED) is 0.563. The summed E-state index contributed by atoms with van der Waals surface area (Å²) in [5.41, 5.74) is 2.40. The Morgan fingerprint density at radius 3 is 2.86 bits per heavy atom. The van der Waals surface area contributed by atoms with Gasteiger partial charge in [-0.25, -0.2) is 9.37 Å². The van der Waals surface area contributed by atoms with Crippen molar-refractivity contribution >= 4 is 27.5 Å². The molecule has 2 aromatic carbocycles. The first-order chi connectivity index (χ1) is 14.0. The van der Waals surface area contributed by atoms with Crippen molar-refractivity contribution < 1.29 is 14.3 Å². The molecular weight excluding hydrogens is 385 g/mol. The zero-order valence-corrected chi connectivity index (χ0v) is 17.3. The number of thiazole rings is 1. The fourth-order valence-electron chi connectivity index (χ4n) is 4.96. The topological polar surface area (TPSA) is 50.2 Å². The summed E-state index contributed by atoms with van der Waals surface area (Å²) in [6.07, 6.45) is 5.30. The highest BCUT2D eigenvalue weighted by Crippen LogP contribution is 2.47. The van der Waals surface area contributed by atoms with Gasteiger partial charge in [0.05, 0.1) is 20.6 Å². The van der Waals surface area contributed by atoms with E-state index in [-0.39, 0.29) is 11.7 Å². The van der Waals surface area contributed by atoms with Gasteiger partial charge in [0.2, 0.25) is 0 Å². The van der Waals surface area contributed by atoms with Crippen LogP contribution in [0.2, 0.25) is 0 Å². The Kier molecular flexibility index (Phi) is 4.46. The van der Waals surface area contributed by atoms with Gasteiger partial charge >= 0.3 is 5.97 Å². The predicted molar refractivity (Wildman–Crippen MR) is 113 cm³/mol. The highest BCUT2D eigenvalue weighted by Gasteiger charge is 2.47. The van der Waals surface area contributed by atoms with E-state index in [2.05, 4.69) is 18.2 Å². The van der Waals surface area contributed by atoms with E-state index >= 15 is 0 Å². The second-order valence-corrected chi connectivity index (χ2v) is 9.80. The number of benzene rings is 2. The number of aromatic nitrogens is 1. The number of nitrogens with zero attached hydrogens (tertiary/aromatic N) is 1. The van der Waals surface area contributed by atoms with Gasteiger partial charge in [-0.15, -0.1) is 11.3 Å². The van der Waals surface area contributed by atoms with Crippen LogP contribution in [0.4, 0.5) is 4.39 Å². The summed E-state index contributed by atoms with van der Waals surface area (Å²) in [6, 6.07) is 11.3. The first-order valence-corrected chi connectivity index (χ1v) is 11.2. The molecule has 3 aromatic rings. The minimum absolute atomic E-state index is 0.271. The Labute approximate surface area is 173 Å². The van der Waals surface area contributed by atoms with Crippen LogP contribution in [0.3, 0.4) is 0 Å². The minimum Gasteiger partial charge on any atom is -0.481 e. The van der Waals surface area contributed by atoms with E-state index in [1.54, 1.807) is 30.4 Å². The molecule has 2 aliphatic carbocycles. The fraction of sp³-hybridized carbons (Fsp3) is 0.417. The number of carbonyl (C=O) groups is 1. The van der Waals surface area contributed by atoms with E-state index in [0.717, 1.165) is 18.4 Å². The molecule has 0 saturated heterocycles. The van der Waals surface area contributed by atoms with E-state index in [0.29, 0.717) is 29.9 Å². The second kappa shape index (κ2) is 6.91. The molecule has 0 spiro atoms. The van der Waals surface area contributed by atoms with Gasteiger partial charge in [-0.2, -0.15) is 0 Å². The Morgan fingerprint density at radius 1 is 1.28 bits per heavy atom. The molecular formula is C24H24FNO2S. The highest BCUT2D eigenvalue weighted by molar-refractivity contribution is 7.18. The van der Waals surface area contributed by atoms with Gasteiger partial charge in [-0.05, 0) is 86.3 Å². The molecule has 5 heteroatoms. The van der Waals surface area contributed by atoms with Crippen LogP contribution in [-0.2, 0) is 16.6 Å². The molecule has 29 heavy (non-hydrogen) atoms. The van der Waals surface area contributed by atoms with Crippen LogP contribution in [0.25, 0.3) is 10.2 Å². The number of hydrogen-bond acceptors (Lipinski definition) is 3. The van der Waals surface area contributed by atoms with E-state index in [1.165, 1.54) is 34.2 Å². The third-order valence-electron chi connectivity index (χ3n) is 6.73. The number of carboxylic acid groups (broad SMARTS) is 1. The Bertz CT molecular complexity index is 1100. The largest absolute Gasteiger partial charge is 0.481 e. The van der Waals surface area contributed by atoms with Gasteiger partial charge < -0.3 is 5.11 Å². The van der Waals surface area contributed by atoms with Gasteiger partial charge in [-0.3, -0.25) is 4.79 Å². The number of rotatable bonds is 5. The average molecular weight is 410 g/mol. The van der Waals surface area contributed by atoms with Crippen molar-refractivity contribution in [1.82, 2.24) is 4.98 Å². The van der Waals surface area contributed by atoms with E-state index in [4.69, 9.17) is 4.98 Å². The molecule has 0 radical (unpaired) electrons. The monoisotopic (exact) mass is 409 g/mol. The van der Waals surface area contributed by atoms with Crippen molar-refractivity contribution in [2.45, 2.75) is 56.8 Å². The lowest BCUT2D eigenvalue weighted by Crippen LogP contribution is -2.34. The Balaban J connectivity index is 1.39. The summed E-state index contributed by atoms with van der Waals surface area (Å²) in [6.45, 7) is 1.69. The van der Waals surface area contributed by atoms with Crippen molar-refractivity contribution in [3.8, 4) is 0 Å². The number of hydrogen-bond donors (Lipinski definition) is 1. The summed E-state index contributed by atoms with van der Waals surface area (Å²) in [4.78, 5) is 17.1. The molecule has 150 valence electrons. The van der Waals surface area contributed by atoms with Crippen molar-refractivity contribution in [1.29, 1.82) is 0 Å². The zero-order chi connectivity index (χ0) is 20.2. The molecule has 2 unspecified atom stereocenters. The first-order valence-electron chi connectivity index (χ1n) is 10.3. The lowest BCUT2D eigenvalue weighted by molar-refractivity contribution is -0.143. The first kappa shape index (κ1) is 18.7. The number of halogens is 1. The molecule has 0 bridgehead atoms. The van der Waals surface area contributed by atoms with Crippen molar-refractivity contribution in [3.63, 3.8) is 0 Å². The summed E-state index contributed by atoms with van der Waals surface area (Å²) >= 11 is 1.80. The molecule has 1 aromatic heterocycles. The molecule has 2 fully saturated rings. The van der Waals surface area contributed by atoms with E-state index in [9.17, 15) is 14.3 Å². The second-order valence-electron chi connectivity index (χ2n) is 8.74. The molecule has 1 heterocycles. The van der Waals surface area contributed by atoms with Crippen LogP contribution >= 0.6 is 11.3 Å². The van der Waals surface area contributed by atoms with Crippen LogP contribution in [0.1, 0.15) is 59.7 Å². The molecule has 1 N–H and O–H groups in total. The number of aliphatic carboxylic acids is 1. The molecule has 2 aliphatic rings. The Morgan fingerprint density at radius 2 is 2.10 bits per heavy atom. The molecule has 3 nitrogen and oxygen atoms in total. The van der Waals surface area contributed by atoms with Gasteiger partial charge in [0.1, 0.15) is 5.82 Å². The normalized spacial score (nSPS) is 24.3. The standard InChI is InChI=1S/C24H24FNO2S/c1-14-18(3-2-4-19(14)25)24(23(27)28)10-9-16(13-24)11-15-5-8-21-20(12-15)26-22(29-21)17-6-7-17/h2-5,8,12,16-17H,6-7,9-11,13H2,1H3,(H,27,28). The van der Waals surface area contributed by atoms with Crippen LogP contribution in [-0.4, -0.2) is 16.1 Å². The average Bonchev–Trinajstić information content (AvgIpc) is 3.32. The lowest BCUT2D eigenvalue weighted by Gasteiger charge is -2.27. The van der Waals surface area contributed by atoms with Crippen LogP contribution in [0.5, 0.6) is 0 Å². The molecule has 0 amide bonds. The predicted octanol–water partition coefficient (Wildman–Crippen LogP) is 5.99. The third-order valence-corrected chi connectivity index (χ3v) is 7.93. The fourth-order valence-corrected chi connectivity index (χ4v) is 6.07. The molecule has 5 rings (SSSR count). The minimum atomic E-state index is -0.985. The van der Waals surface area contributed by atoms with E-state index in [1.807, 2.05) is 0 Å². The SMILES string of the molecule is Cc1c(F)cccc1C1(C(=O)O)CCC(Cc2ccc3sc(C4CC4)nc3c2)C1. The van der Waals surface area contributed by atoms with E-state index < -0.39 is 11.4 Å². The number of carboxylic acids is 1. The lowest BCUT2D eigenvalue weighted by atomic mass is 9.76. The van der Waals surface area contributed by atoms with Crippen LogP contribution in [0, 0.1) is 18.7 Å². The van der Waals surface area contributed by atoms with Gasteiger partial charge in [0.25, 0.3) is 0 Å². The summed E-state index contributed by atoms with van der Waals surface area (Å²) in [7, 11) is 0. The molecule has 2 saturated carbocycles. The number of fused-ring (bicyclic) bond motifs is 1. The van der Waals surface area contributed by atoms with Gasteiger partial charge in [0.15, 0.2) is 0 Å². The highest BCUT2D eigenvalue weighted by atomic mass is 32.1. The smallest absolute Gasteiger partial charge is 0.314 e. The van der Waals surface area contributed by atoms with Crippen LogP contribution in [0.15, 0.2) is 36.4 Å². The third kappa shape index (κ3) is 3.25. The van der Waals surface area contributed by atoms with Crippen molar-refractivity contribution in [2.75, 3.05) is 0 Å². The maximum absolute atomic E-state index is 14.1. The molecule has 2 atom stereocenters. The maximum Gasteiger partial charge on any atom is 0.314 e. The van der Waals surface area contributed by atoms with Gasteiger partial charge in [0, 0.05) is 5.92 Å². The van der Waals surface area contributed by atoms with Crippen molar-refractivity contribution in [3.05, 3.63) is 63.9 Å².